The van der Waals surface area contributed by atoms with Crippen molar-refractivity contribution in [2.24, 2.45) is 5.92 Å². The highest BCUT2D eigenvalue weighted by molar-refractivity contribution is 7.89. The molecule has 152 valence electrons. The van der Waals surface area contributed by atoms with Crippen molar-refractivity contribution in [2.45, 2.75) is 39.0 Å². The molecule has 0 radical (unpaired) electrons. The van der Waals surface area contributed by atoms with Crippen molar-refractivity contribution in [2.75, 3.05) is 31.6 Å². The Kier molecular flexibility index (Phi) is 8.64. The molecule has 0 aromatic heterocycles. The van der Waals surface area contributed by atoms with E-state index in [0.29, 0.717) is 13.2 Å². The molecule has 0 aliphatic heterocycles. The Hall–Kier alpha value is -2.20. The Morgan fingerprint density at radius 2 is 1.93 bits per heavy atom. The van der Waals surface area contributed by atoms with Gasteiger partial charge in [0.2, 0.25) is 10.0 Å². The molecule has 0 spiro atoms. The fraction of sp³-hybridized carbons (Fsp3) is 0.588. The van der Waals surface area contributed by atoms with Crippen LogP contribution in [0.1, 0.15) is 34.1 Å². The third-order valence-electron chi connectivity index (χ3n) is 3.97. The first-order valence-electron chi connectivity index (χ1n) is 8.85. The molecule has 27 heavy (non-hydrogen) atoms. The van der Waals surface area contributed by atoms with Gasteiger partial charge in [0, 0.05) is 32.1 Å². The number of anilines is 1. The van der Waals surface area contributed by atoms with Crippen molar-refractivity contribution < 1.29 is 22.9 Å². The third-order valence-corrected chi connectivity index (χ3v) is 6.02. The lowest BCUT2D eigenvalue weighted by molar-refractivity contribution is -0.384. The first kappa shape index (κ1) is 22.8. The van der Waals surface area contributed by atoms with E-state index < -0.39 is 14.9 Å². The maximum absolute atomic E-state index is 12.6. The smallest absolute Gasteiger partial charge is 0.306 e. The van der Waals surface area contributed by atoms with E-state index in [-0.39, 0.29) is 47.7 Å². The van der Waals surface area contributed by atoms with Crippen molar-refractivity contribution in [3.63, 3.8) is 0 Å². The Morgan fingerprint density at radius 1 is 1.30 bits per heavy atom. The number of nitrogens with one attached hydrogen (secondary N) is 1. The summed E-state index contributed by atoms with van der Waals surface area (Å²) in [5.74, 6) is -0.440. The lowest BCUT2D eigenvalue weighted by Crippen LogP contribution is -2.30. The van der Waals surface area contributed by atoms with Gasteiger partial charge in [-0.1, -0.05) is 20.8 Å². The number of rotatable bonds is 11. The van der Waals surface area contributed by atoms with Crippen LogP contribution in [0.3, 0.4) is 0 Å². The standard InChI is InChI=1S/C17H27N3O6S/c1-5-19(6-2)27(24,25)14-8-9-15(16(11-14)20(22)23)18-12-13(4)10-17(21)26-7-3/h8-9,11,13,18H,5-7,10,12H2,1-4H3/t13-/m1/s1. The molecule has 10 heteroatoms. The number of nitro groups is 1. The molecular formula is C17H27N3O6S. The highest BCUT2D eigenvalue weighted by Gasteiger charge is 2.25. The number of ether oxygens (including phenoxy) is 1. The van der Waals surface area contributed by atoms with E-state index in [1.54, 1.807) is 20.8 Å². The molecule has 1 atom stereocenters. The Morgan fingerprint density at radius 3 is 2.44 bits per heavy atom. The fourth-order valence-electron chi connectivity index (χ4n) is 2.55. The number of carbonyl (C=O) groups excluding carboxylic acids is 1. The second-order valence-electron chi connectivity index (χ2n) is 6.02. The number of esters is 1. The van der Waals surface area contributed by atoms with Crippen molar-refractivity contribution in [1.29, 1.82) is 0 Å². The van der Waals surface area contributed by atoms with Crippen LogP contribution in [0, 0.1) is 16.0 Å². The molecule has 0 unspecified atom stereocenters. The maximum Gasteiger partial charge on any atom is 0.306 e. The van der Waals surface area contributed by atoms with Crippen molar-refractivity contribution in [1.82, 2.24) is 4.31 Å². The van der Waals surface area contributed by atoms with Gasteiger partial charge in [-0.25, -0.2) is 8.42 Å². The average molecular weight is 401 g/mol. The summed E-state index contributed by atoms with van der Waals surface area (Å²) in [6.45, 7) is 8.10. The van der Waals surface area contributed by atoms with E-state index in [4.69, 9.17) is 4.74 Å². The zero-order valence-corrected chi connectivity index (χ0v) is 16.9. The zero-order chi connectivity index (χ0) is 20.6. The number of hydrogen-bond acceptors (Lipinski definition) is 7. The van der Waals surface area contributed by atoms with Crippen molar-refractivity contribution in [3.05, 3.63) is 28.3 Å². The summed E-state index contributed by atoms with van der Waals surface area (Å²) in [5, 5.41) is 14.3. The second-order valence-corrected chi connectivity index (χ2v) is 7.96. The second kappa shape index (κ2) is 10.2. The van der Waals surface area contributed by atoms with Crippen LogP contribution in [0.25, 0.3) is 0 Å². The van der Waals surface area contributed by atoms with E-state index >= 15 is 0 Å². The monoisotopic (exact) mass is 401 g/mol. The van der Waals surface area contributed by atoms with Gasteiger partial charge in [-0.15, -0.1) is 0 Å². The van der Waals surface area contributed by atoms with Gasteiger partial charge in [0.1, 0.15) is 5.69 Å². The van der Waals surface area contributed by atoms with E-state index in [1.807, 2.05) is 6.92 Å². The Bertz CT molecular complexity index is 762. The first-order chi connectivity index (χ1) is 12.7. The van der Waals surface area contributed by atoms with Gasteiger partial charge in [-0.3, -0.25) is 14.9 Å². The lowest BCUT2D eigenvalue weighted by atomic mass is 10.1. The molecule has 0 saturated heterocycles. The molecule has 0 fully saturated rings. The summed E-state index contributed by atoms with van der Waals surface area (Å²) in [7, 11) is -3.79. The number of benzene rings is 1. The fourth-order valence-corrected chi connectivity index (χ4v) is 4.02. The van der Waals surface area contributed by atoms with Gasteiger partial charge in [0.25, 0.3) is 5.69 Å². The van der Waals surface area contributed by atoms with Gasteiger partial charge in [0.15, 0.2) is 0 Å². The molecular weight excluding hydrogens is 374 g/mol. The minimum absolute atomic E-state index is 0.109. The topological polar surface area (TPSA) is 119 Å². The molecule has 0 aliphatic rings. The predicted octanol–water partition coefficient (Wildman–Crippen LogP) is 2.63. The summed E-state index contributed by atoms with van der Waals surface area (Å²) in [4.78, 5) is 22.1. The summed E-state index contributed by atoms with van der Waals surface area (Å²) >= 11 is 0. The normalized spacial score (nSPS) is 12.6. The number of nitrogens with zero attached hydrogens (tertiary/aromatic N) is 2. The highest BCUT2D eigenvalue weighted by atomic mass is 32.2. The van der Waals surface area contributed by atoms with Gasteiger partial charge < -0.3 is 10.1 Å². The third kappa shape index (κ3) is 6.17. The summed E-state index contributed by atoms with van der Waals surface area (Å²) in [6.07, 6.45) is 0.184. The largest absolute Gasteiger partial charge is 0.466 e. The van der Waals surface area contributed by atoms with Crippen LogP contribution in [0.5, 0.6) is 0 Å². The van der Waals surface area contributed by atoms with E-state index in [9.17, 15) is 23.3 Å². The SMILES string of the molecule is CCOC(=O)C[C@@H](C)CNc1ccc(S(=O)(=O)N(CC)CC)cc1[N+](=O)[O-]. The van der Waals surface area contributed by atoms with Crippen LogP contribution in [-0.2, 0) is 19.6 Å². The van der Waals surface area contributed by atoms with Crippen molar-refractivity contribution in [3.8, 4) is 0 Å². The first-order valence-corrected chi connectivity index (χ1v) is 10.3. The Labute approximate surface area is 159 Å². The minimum atomic E-state index is -3.79. The van der Waals surface area contributed by atoms with Crippen LogP contribution >= 0.6 is 0 Å². The maximum atomic E-state index is 12.6. The summed E-state index contributed by atoms with van der Waals surface area (Å²) in [6, 6.07) is 3.79. The highest BCUT2D eigenvalue weighted by Crippen LogP contribution is 2.29. The molecule has 1 aromatic rings. The van der Waals surface area contributed by atoms with Gasteiger partial charge in [-0.2, -0.15) is 4.31 Å². The number of carbonyl (C=O) groups is 1. The average Bonchev–Trinajstić information content (AvgIpc) is 2.60. The number of hydrogen-bond donors (Lipinski definition) is 1. The quantitative estimate of drug-likeness (QED) is 0.344. The Balaban J connectivity index is 3.01. The minimum Gasteiger partial charge on any atom is -0.466 e. The molecule has 0 bridgehead atoms. The van der Waals surface area contributed by atoms with Crippen LogP contribution in [0.15, 0.2) is 23.1 Å². The van der Waals surface area contributed by atoms with Crippen molar-refractivity contribution >= 4 is 27.4 Å². The zero-order valence-electron chi connectivity index (χ0n) is 16.1. The molecule has 1 N–H and O–H groups in total. The molecule has 0 heterocycles. The summed E-state index contributed by atoms with van der Waals surface area (Å²) < 4.78 is 31.2. The lowest BCUT2D eigenvalue weighted by Gasteiger charge is -2.19. The molecule has 1 aromatic carbocycles. The van der Waals surface area contributed by atoms with E-state index in [0.717, 1.165) is 6.07 Å². The number of nitro benzene ring substituents is 1. The van der Waals surface area contributed by atoms with Crippen LogP contribution in [-0.4, -0.2) is 49.9 Å². The molecule has 0 amide bonds. The van der Waals surface area contributed by atoms with Crippen LogP contribution < -0.4 is 5.32 Å². The van der Waals surface area contributed by atoms with Gasteiger partial charge in [0.05, 0.1) is 16.4 Å². The van der Waals surface area contributed by atoms with Gasteiger partial charge in [-0.05, 0) is 25.0 Å². The summed E-state index contributed by atoms with van der Waals surface area (Å²) in [5.41, 5.74) is -0.124. The molecule has 9 nitrogen and oxygen atoms in total. The van der Waals surface area contributed by atoms with E-state index in [2.05, 4.69) is 5.32 Å². The van der Waals surface area contributed by atoms with E-state index in [1.165, 1.54) is 16.4 Å². The van der Waals surface area contributed by atoms with Crippen LogP contribution in [0.4, 0.5) is 11.4 Å². The number of sulfonamides is 1. The predicted molar refractivity (Wildman–Crippen MR) is 102 cm³/mol. The van der Waals surface area contributed by atoms with Crippen LogP contribution in [0.2, 0.25) is 0 Å². The molecule has 0 saturated carbocycles. The molecule has 1 rings (SSSR count). The van der Waals surface area contributed by atoms with Gasteiger partial charge >= 0.3 is 5.97 Å². The molecule has 0 aliphatic carbocycles.